The third-order valence-electron chi connectivity index (χ3n) is 6.45. The van der Waals surface area contributed by atoms with Crippen molar-refractivity contribution >= 4 is 39.8 Å². The van der Waals surface area contributed by atoms with Gasteiger partial charge in [-0.15, -0.1) is 0 Å². The lowest BCUT2D eigenvalue weighted by Crippen LogP contribution is -2.29. The van der Waals surface area contributed by atoms with Crippen LogP contribution in [-0.2, 0) is 20.6 Å². The number of benzene rings is 1. The van der Waals surface area contributed by atoms with E-state index in [9.17, 15) is 9.59 Å². The van der Waals surface area contributed by atoms with E-state index >= 15 is 0 Å². The molecule has 1 atom stereocenters. The number of nitrogens with zero attached hydrogens (tertiary/aromatic N) is 2. The molecule has 0 amide bonds. The van der Waals surface area contributed by atoms with E-state index in [-0.39, 0.29) is 23.8 Å². The molecule has 0 bridgehead atoms. The summed E-state index contributed by atoms with van der Waals surface area (Å²) in [6.45, 7) is 23.7. The fourth-order valence-corrected chi connectivity index (χ4v) is 6.28. The second kappa shape index (κ2) is 12.3. The number of nitrogens with two attached hydrogens (primary N) is 1. The van der Waals surface area contributed by atoms with E-state index in [1.807, 2.05) is 45.0 Å². The maximum atomic E-state index is 13.7. The number of pyridine rings is 1. The summed E-state index contributed by atoms with van der Waals surface area (Å²) in [4.78, 5) is 27.3. The fraction of sp³-hybridized carbons (Fsp3) is 0.548. The summed E-state index contributed by atoms with van der Waals surface area (Å²) in [6.07, 6.45) is 0.896. The second-order valence-electron chi connectivity index (χ2n) is 14.2. The van der Waals surface area contributed by atoms with E-state index in [2.05, 4.69) is 53.5 Å². The maximum absolute atomic E-state index is 13.7. The molecule has 2 N–H and O–H groups in total. The second-order valence-corrected chi connectivity index (χ2v) is 21.9. The van der Waals surface area contributed by atoms with Crippen LogP contribution < -0.4 is 11.3 Å². The monoisotopic (exact) mass is 598 g/mol. The van der Waals surface area contributed by atoms with Crippen molar-refractivity contribution in [2.24, 2.45) is 5.41 Å². The zero-order valence-electron chi connectivity index (χ0n) is 26.7. The van der Waals surface area contributed by atoms with Gasteiger partial charge in [0.25, 0.3) is 5.56 Å². The van der Waals surface area contributed by atoms with Gasteiger partial charge in [0.05, 0.1) is 22.9 Å². The molecular weight excluding hydrogens is 551 g/mol. The van der Waals surface area contributed by atoms with Crippen LogP contribution in [0.3, 0.4) is 0 Å². The smallest absolute Gasteiger partial charge is 0.419 e. The normalized spacial score (nSPS) is 13.7. The van der Waals surface area contributed by atoms with E-state index < -0.39 is 28.8 Å². The predicted molar refractivity (Wildman–Crippen MR) is 173 cm³/mol. The summed E-state index contributed by atoms with van der Waals surface area (Å²) in [5.74, 6) is 0. The summed E-state index contributed by atoms with van der Waals surface area (Å²) >= 11 is 0. The molecule has 8 nitrogen and oxygen atoms in total. The van der Waals surface area contributed by atoms with Crippen molar-refractivity contribution in [2.45, 2.75) is 98.8 Å². The third-order valence-corrected chi connectivity index (χ3v) is 8.87. The van der Waals surface area contributed by atoms with Crippen LogP contribution in [-0.4, -0.2) is 44.5 Å². The number of ether oxygens (including phenoxy) is 2. The minimum Gasteiger partial charge on any atom is -0.443 e. The number of hydrogen-bond acceptors (Lipinski definition) is 6. The van der Waals surface area contributed by atoms with Crippen LogP contribution in [0, 0.1) is 5.41 Å². The first-order valence-electron chi connectivity index (χ1n) is 14.2. The Morgan fingerprint density at radius 1 is 1.05 bits per heavy atom. The first kappa shape index (κ1) is 32.8. The lowest BCUT2D eigenvalue weighted by Gasteiger charge is -2.33. The molecule has 1 radical (unpaired) electrons. The van der Waals surface area contributed by atoms with Crippen LogP contribution in [0.25, 0.3) is 22.2 Å². The van der Waals surface area contributed by atoms with Crippen LogP contribution in [0.4, 0.5) is 10.5 Å². The van der Waals surface area contributed by atoms with E-state index in [1.165, 1.54) is 9.13 Å². The Labute approximate surface area is 247 Å². The number of nitrogen functional groups attached to an aromatic ring is 1. The molecule has 0 aliphatic heterocycles. The topological polar surface area (TPSA) is 97.7 Å². The average Bonchev–Trinajstić information content (AvgIpc) is 3.18. The molecule has 41 heavy (non-hydrogen) atoms. The Kier molecular flexibility index (Phi) is 9.84. The Morgan fingerprint density at radius 2 is 1.71 bits per heavy atom. The van der Waals surface area contributed by atoms with Gasteiger partial charge < -0.3 is 19.6 Å². The molecule has 3 rings (SSSR count). The Bertz CT molecular complexity index is 1440. The highest BCUT2D eigenvalue weighted by molar-refractivity contribution is 6.76. The van der Waals surface area contributed by atoms with Gasteiger partial charge in [0.2, 0.25) is 9.04 Å². The van der Waals surface area contributed by atoms with Gasteiger partial charge in [-0.1, -0.05) is 46.5 Å². The lowest BCUT2D eigenvalue weighted by atomic mass is 9.84. The van der Waals surface area contributed by atoms with E-state index in [0.717, 1.165) is 17.0 Å². The van der Waals surface area contributed by atoms with Gasteiger partial charge >= 0.3 is 6.09 Å². The number of hydrogen-bond donors (Lipinski definition) is 1. The highest BCUT2D eigenvalue weighted by atomic mass is 28.3. The summed E-state index contributed by atoms with van der Waals surface area (Å²) in [5, 5.41) is 0.807. The molecular formula is C31H48N3O5Si2. The average molecular weight is 599 g/mol. The molecule has 10 heteroatoms. The van der Waals surface area contributed by atoms with Gasteiger partial charge in [-0.05, 0) is 75.2 Å². The van der Waals surface area contributed by atoms with Crippen LogP contribution in [0.2, 0.25) is 38.8 Å². The number of rotatable bonds is 9. The van der Waals surface area contributed by atoms with Crippen molar-refractivity contribution in [3.8, 4) is 11.3 Å². The Hall–Kier alpha value is -2.67. The highest BCUT2D eigenvalue weighted by Crippen LogP contribution is 2.39. The van der Waals surface area contributed by atoms with Crippen molar-refractivity contribution in [3.05, 3.63) is 52.4 Å². The molecule has 3 aromatic rings. The fourth-order valence-electron chi connectivity index (χ4n) is 4.56. The molecule has 2 aromatic heterocycles. The van der Waals surface area contributed by atoms with Crippen LogP contribution in [0.15, 0.2) is 41.3 Å². The van der Waals surface area contributed by atoms with E-state index in [4.69, 9.17) is 19.6 Å². The number of aromatic nitrogens is 2. The number of carbonyl (C=O) groups excluding carboxylic acids is 1. The van der Waals surface area contributed by atoms with Gasteiger partial charge in [-0.3, -0.25) is 9.36 Å². The van der Waals surface area contributed by atoms with Crippen LogP contribution >= 0.6 is 0 Å². The van der Waals surface area contributed by atoms with E-state index in [1.54, 1.807) is 12.3 Å². The van der Waals surface area contributed by atoms with Crippen molar-refractivity contribution in [1.29, 1.82) is 0 Å². The van der Waals surface area contributed by atoms with Crippen molar-refractivity contribution in [1.82, 2.24) is 9.13 Å². The Balaban J connectivity index is 2.18. The van der Waals surface area contributed by atoms with Crippen molar-refractivity contribution in [3.63, 3.8) is 0 Å². The first-order valence-corrected chi connectivity index (χ1v) is 20.3. The molecule has 0 saturated carbocycles. The molecule has 0 spiro atoms. The van der Waals surface area contributed by atoms with Crippen LogP contribution in [0.1, 0.15) is 53.2 Å². The molecule has 0 aliphatic rings. The lowest BCUT2D eigenvalue weighted by molar-refractivity contribution is 0.0547. The maximum Gasteiger partial charge on any atom is 0.419 e. The molecule has 0 fully saturated rings. The van der Waals surface area contributed by atoms with Gasteiger partial charge in [0.15, 0.2) is 0 Å². The summed E-state index contributed by atoms with van der Waals surface area (Å²) in [5.41, 5.74) is 7.90. The molecule has 225 valence electrons. The predicted octanol–water partition coefficient (Wildman–Crippen LogP) is 7.50. The highest BCUT2D eigenvalue weighted by Gasteiger charge is 2.30. The molecule has 0 saturated heterocycles. The Morgan fingerprint density at radius 3 is 2.27 bits per heavy atom. The van der Waals surface area contributed by atoms with E-state index in [0.29, 0.717) is 29.1 Å². The molecule has 1 unspecified atom stereocenters. The first-order chi connectivity index (χ1) is 18.8. The SMILES string of the molecule is C[Si](C)OC(c1ccc2c(c1)cc(-c1cc(N)cn(COCC[Si](C)(C)C)c1=O)n2C(=O)OC(C)(C)C)C(C)(C)C. The minimum atomic E-state index is -1.28. The zero-order chi connectivity index (χ0) is 30.9. The molecule has 2 heterocycles. The van der Waals surface area contributed by atoms with Gasteiger partial charge in [0, 0.05) is 32.0 Å². The van der Waals surface area contributed by atoms with Gasteiger partial charge in [-0.25, -0.2) is 9.36 Å². The quantitative estimate of drug-likeness (QED) is 0.202. The minimum absolute atomic E-state index is 0.0841. The number of anilines is 1. The summed E-state index contributed by atoms with van der Waals surface area (Å²) < 4.78 is 21.0. The van der Waals surface area contributed by atoms with Gasteiger partial charge in [-0.2, -0.15) is 0 Å². The summed E-state index contributed by atoms with van der Waals surface area (Å²) in [7, 11) is -2.25. The summed E-state index contributed by atoms with van der Waals surface area (Å²) in [6, 6.07) is 10.4. The van der Waals surface area contributed by atoms with Crippen molar-refractivity contribution in [2.75, 3.05) is 12.3 Å². The largest absolute Gasteiger partial charge is 0.443 e. The van der Waals surface area contributed by atoms with Gasteiger partial charge in [0.1, 0.15) is 12.3 Å². The number of fused-ring (bicyclic) bond motifs is 1. The standard InChI is InChI=1S/C31H48N3O5Si2/c1-30(2,3)27(39-40(7)8)21-12-13-25-22(16-21)17-26(34(25)29(36)38-31(4,5)6)24-18-23(32)19-33(28(24)35)20-37-14-15-41(9,10)11/h12-13,16-19,27H,14-15,20,32H2,1-11H3. The number of carbonyl (C=O) groups is 1. The molecule has 1 aromatic carbocycles. The van der Waals surface area contributed by atoms with Crippen LogP contribution in [0.5, 0.6) is 0 Å². The molecule has 0 aliphatic carbocycles. The zero-order valence-corrected chi connectivity index (χ0v) is 28.7. The third kappa shape index (κ3) is 8.67. The van der Waals surface area contributed by atoms with Crippen molar-refractivity contribution < 1.29 is 18.7 Å².